The van der Waals surface area contributed by atoms with E-state index in [0.29, 0.717) is 18.1 Å². The molecular formula is C11H13IN2O2. The van der Waals surface area contributed by atoms with Crippen molar-refractivity contribution in [1.29, 1.82) is 0 Å². The maximum absolute atomic E-state index is 5.51. The van der Waals surface area contributed by atoms with Gasteiger partial charge in [0.25, 0.3) is 0 Å². The lowest BCUT2D eigenvalue weighted by atomic mass is 10.2. The summed E-state index contributed by atoms with van der Waals surface area (Å²) in [6.07, 6.45) is 3.24. The fraction of sp³-hybridized carbons (Fsp3) is 0.182. The standard InChI is InChI=1S/C11H13IN2O2/c1-3-4-16-11-9(12)5-8(7-14-13)6-10(11)15-2/h3,5-7H,1,4,13H2,2H3. The summed E-state index contributed by atoms with van der Waals surface area (Å²) < 4.78 is 11.7. The molecule has 1 aromatic rings. The van der Waals surface area contributed by atoms with Crippen molar-refractivity contribution >= 4 is 28.8 Å². The summed E-state index contributed by atoms with van der Waals surface area (Å²) in [4.78, 5) is 0. The van der Waals surface area contributed by atoms with E-state index in [0.717, 1.165) is 9.13 Å². The van der Waals surface area contributed by atoms with Gasteiger partial charge in [-0.05, 0) is 40.3 Å². The lowest BCUT2D eigenvalue weighted by Crippen LogP contribution is -2.00. The third-order valence-corrected chi connectivity index (χ3v) is 2.62. The van der Waals surface area contributed by atoms with Gasteiger partial charge >= 0.3 is 0 Å². The molecule has 0 aromatic heterocycles. The molecule has 5 heteroatoms. The summed E-state index contributed by atoms with van der Waals surface area (Å²) >= 11 is 2.17. The fourth-order valence-electron chi connectivity index (χ4n) is 1.18. The predicted octanol–water partition coefficient (Wildman–Crippen LogP) is 2.16. The van der Waals surface area contributed by atoms with Crippen LogP contribution < -0.4 is 15.3 Å². The molecule has 1 rings (SSSR count). The van der Waals surface area contributed by atoms with Crippen LogP contribution in [0.2, 0.25) is 0 Å². The van der Waals surface area contributed by atoms with Gasteiger partial charge in [0.05, 0.1) is 16.9 Å². The molecule has 16 heavy (non-hydrogen) atoms. The van der Waals surface area contributed by atoms with E-state index in [1.54, 1.807) is 19.4 Å². The number of benzene rings is 1. The van der Waals surface area contributed by atoms with Crippen LogP contribution in [-0.2, 0) is 0 Å². The molecule has 0 fully saturated rings. The molecule has 86 valence electrons. The fourth-order valence-corrected chi connectivity index (χ4v) is 1.96. The maximum atomic E-state index is 5.51. The molecule has 2 N–H and O–H groups in total. The molecule has 0 atom stereocenters. The number of rotatable bonds is 5. The number of hydrogen-bond donors (Lipinski definition) is 1. The van der Waals surface area contributed by atoms with Crippen LogP contribution in [0.5, 0.6) is 11.5 Å². The quantitative estimate of drug-likeness (QED) is 0.296. The first kappa shape index (κ1) is 12.8. The molecule has 0 saturated heterocycles. The summed E-state index contributed by atoms with van der Waals surface area (Å²) in [6, 6.07) is 3.73. The van der Waals surface area contributed by atoms with Crippen LogP contribution in [0.3, 0.4) is 0 Å². The Kier molecular flexibility index (Phi) is 5.10. The Bertz CT molecular complexity index is 405. The van der Waals surface area contributed by atoms with Gasteiger partial charge in [-0.2, -0.15) is 5.10 Å². The maximum Gasteiger partial charge on any atom is 0.174 e. The molecule has 0 aliphatic heterocycles. The van der Waals surface area contributed by atoms with Gasteiger partial charge in [0, 0.05) is 0 Å². The molecule has 0 aliphatic rings. The number of hydrazone groups is 1. The summed E-state index contributed by atoms with van der Waals surface area (Å²) in [5.41, 5.74) is 0.870. The Morgan fingerprint density at radius 1 is 1.56 bits per heavy atom. The molecule has 4 nitrogen and oxygen atoms in total. The highest BCUT2D eigenvalue weighted by Gasteiger charge is 2.10. The SMILES string of the molecule is C=CCOc1c(I)cc(C=NN)cc1OC. The summed E-state index contributed by atoms with van der Waals surface area (Å²) in [7, 11) is 1.59. The molecular weight excluding hydrogens is 319 g/mol. The van der Waals surface area contributed by atoms with Crippen molar-refractivity contribution in [3.05, 3.63) is 33.9 Å². The Morgan fingerprint density at radius 3 is 2.88 bits per heavy atom. The minimum atomic E-state index is 0.441. The van der Waals surface area contributed by atoms with Crippen LogP contribution in [0.4, 0.5) is 0 Å². The van der Waals surface area contributed by atoms with Crippen molar-refractivity contribution in [2.75, 3.05) is 13.7 Å². The Balaban J connectivity index is 3.11. The van der Waals surface area contributed by atoms with Crippen molar-refractivity contribution in [3.63, 3.8) is 0 Å². The second-order valence-electron chi connectivity index (χ2n) is 2.91. The van der Waals surface area contributed by atoms with Crippen molar-refractivity contribution in [3.8, 4) is 11.5 Å². The van der Waals surface area contributed by atoms with Crippen LogP contribution in [0, 0.1) is 3.57 Å². The van der Waals surface area contributed by atoms with Gasteiger partial charge in [0.2, 0.25) is 0 Å². The third-order valence-electron chi connectivity index (χ3n) is 1.82. The number of halogens is 1. The van der Waals surface area contributed by atoms with E-state index in [9.17, 15) is 0 Å². The van der Waals surface area contributed by atoms with Crippen LogP contribution in [-0.4, -0.2) is 19.9 Å². The second kappa shape index (κ2) is 6.37. The second-order valence-corrected chi connectivity index (χ2v) is 4.07. The Morgan fingerprint density at radius 2 is 2.31 bits per heavy atom. The van der Waals surface area contributed by atoms with Gasteiger partial charge in [0.15, 0.2) is 11.5 Å². The summed E-state index contributed by atoms with van der Waals surface area (Å²) in [5.74, 6) is 6.46. The molecule has 0 amide bonds. The third kappa shape index (κ3) is 3.13. The monoisotopic (exact) mass is 332 g/mol. The van der Waals surface area contributed by atoms with E-state index in [4.69, 9.17) is 15.3 Å². The van der Waals surface area contributed by atoms with Gasteiger partial charge in [-0.25, -0.2) is 0 Å². The van der Waals surface area contributed by atoms with Gasteiger partial charge in [-0.3, -0.25) is 0 Å². The smallest absolute Gasteiger partial charge is 0.174 e. The summed E-state index contributed by atoms with van der Waals surface area (Å²) in [6.45, 7) is 4.04. The number of nitrogens with two attached hydrogens (primary N) is 1. The number of nitrogens with zero attached hydrogens (tertiary/aromatic N) is 1. The molecule has 0 bridgehead atoms. The molecule has 0 radical (unpaired) electrons. The van der Waals surface area contributed by atoms with Crippen molar-refractivity contribution in [1.82, 2.24) is 0 Å². The van der Waals surface area contributed by atoms with E-state index in [1.807, 2.05) is 12.1 Å². The van der Waals surface area contributed by atoms with Crippen LogP contribution in [0.1, 0.15) is 5.56 Å². The lowest BCUT2D eigenvalue weighted by Gasteiger charge is -2.12. The van der Waals surface area contributed by atoms with Crippen molar-refractivity contribution in [2.45, 2.75) is 0 Å². The van der Waals surface area contributed by atoms with E-state index in [2.05, 4.69) is 34.3 Å². The normalized spacial score (nSPS) is 10.4. The predicted molar refractivity (Wildman–Crippen MR) is 73.2 cm³/mol. The van der Waals surface area contributed by atoms with Gasteiger partial charge in [-0.1, -0.05) is 12.7 Å². The largest absolute Gasteiger partial charge is 0.493 e. The van der Waals surface area contributed by atoms with Crippen molar-refractivity contribution < 1.29 is 9.47 Å². The molecule has 0 saturated carbocycles. The topological polar surface area (TPSA) is 56.8 Å². The van der Waals surface area contributed by atoms with Crippen molar-refractivity contribution in [2.24, 2.45) is 10.9 Å². The van der Waals surface area contributed by atoms with Crippen LogP contribution >= 0.6 is 22.6 Å². The Labute approximate surface area is 108 Å². The average Bonchev–Trinajstić information content (AvgIpc) is 2.27. The zero-order valence-corrected chi connectivity index (χ0v) is 11.1. The lowest BCUT2D eigenvalue weighted by molar-refractivity contribution is 0.324. The number of hydrogen-bond acceptors (Lipinski definition) is 4. The number of ether oxygens (including phenoxy) is 2. The van der Waals surface area contributed by atoms with Crippen LogP contribution in [0.15, 0.2) is 29.9 Å². The zero-order valence-electron chi connectivity index (χ0n) is 8.94. The highest BCUT2D eigenvalue weighted by atomic mass is 127. The highest BCUT2D eigenvalue weighted by molar-refractivity contribution is 14.1. The first-order chi connectivity index (χ1) is 7.72. The van der Waals surface area contributed by atoms with E-state index in [1.165, 1.54) is 0 Å². The van der Waals surface area contributed by atoms with E-state index < -0.39 is 0 Å². The molecule has 1 aromatic carbocycles. The molecule has 0 aliphatic carbocycles. The molecule has 0 unspecified atom stereocenters. The molecule has 0 spiro atoms. The highest BCUT2D eigenvalue weighted by Crippen LogP contribution is 2.33. The minimum absolute atomic E-state index is 0.441. The van der Waals surface area contributed by atoms with E-state index >= 15 is 0 Å². The van der Waals surface area contributed by atoms with Gasteiger partial charge in [0.1, 0.15) is 6.61 Å². The minimum Gasteiger partial charge on any atom is -0.493 e. The van der Waals surface area contributed by atoms with Gasteiger partial charge < -0.3 is 15.3 Å². The Hall–Kier alpha value is -1.24. The first-order valence-electron chi connectivity index (χ1n) is 4.57. The molecule has 0 heterocycles. The van der Waals surface area contributed by atoms with E-state index in [-0.39, 0.29) is 0 Å². The van der Waals surface area contributed by atoms with Crippen LogP contribution in [0.25, 0.3) is 0 Å². The van der Waals surface area contributed by atoms with Gasteiger partial charge in [-0.15, -0.1) is 0 Å². The number of methoxy groups -OCH3 is 1. The average molecular weight is 332 g/mol. The summed E-state index contributed by atoms with van der Waals surface area (Å²) in [5, 5.41) is 3.47. The first-order valence-corrected chi connectivity index (χ1v) is 5.65. The zero-order chi connectivity index (χ0) is 12.0.